The summed E-state index contributed by atoms with van der Waals surface area (Å²) in [5, 5.41) is 13.8. The lowest BCUT2D eigenvalue weighted by Crippen LogP contribution is -2.39. The molecule has 0 spiro atoms. The Kier molecular flexibility index (Phi) is 4.60. The highest BCUT2D eigenvalue weighted by molar-refractivity contribution is 5.62. The first-order chi connectivity index (χ1) is 9.51. The minimum atomic E-state index is -0.346. The van der Waals surface area contributed by atoms with Crippen LogP contribution in [-0.2, 0) is 6.54 Å². The first-order valence-electron chi connectivity index (χ1n) is 7.20. The summed E-state index contributed by atoms with van der Waals surface area (Å²) in [5.41, 5.74) is 1.85. The smallest absolute Gasteiger partial charge is 0.292 e. The predicted octanol–water partition coefficient (Wildman–Crippen LogP) is 3.26. The van der Waals surface area contributed by atoms with E-state index in [2.05, 4.69) is 24.1 Å². The molecule has 2 rings (SSSR count). The average molecular weight is 277 g/mol. The van der Waals surface area contributed by atoms with Crippen molar-refractivity contribution in [2.75, 3.05) is 18.9 Å². The highest BCUT2D eigenvalue weighted by Gasteiger charge is 2.23. The van der Waals surface area contributed by atoms with Crippen LogP contribution in [-0.4, -0.2) is 29.5 Å². The molecule has 0 radical (unpaired) electrons. The van der Waals surface area contributed by atoms with Crippen LogP contribution < -0.4 is 5.32 Å². The van der Waals surface area contributed by atoms with E-state index in [-0.39, 0.29) is 10.6 Å². The van der Waals surface area contributed by atoms with Crippen LogP contribution in [0.3, 0.4) is 0 Å². The molecule has 2 atom stereocenters. The zero-order valence-corrected chi connectivity index (χ0v) is 12.4. The van der Waals surface area contributed by atoms with Crippen molar-refractivity contribution < 1.29 is 4.92 Å². The van der Waals surface area contributed by atoms with Crippen LogP contribution in [0.25, 0.3) is 0 Å². The monoisotopic (exact) mass is 277 g/mol. The van der Waals surface area contributed by atoms with E-state index in [1.165, 1.54) is 12.8 Å². The Labute approximate surface area is 120 Å². The van der Waals surface area contributed by atoms with E-state index in [1.54, 1.807) is 13.1 Å². The molecule has 1 fully saturated rings. The maximum Gasteiger partial charge on any atom is 0.292 e. The molecule has 0 aliphatic carbocycles. The summed E-state index contributed by atoms with van der Waals surface area (Å²) in [7, 11) is 1.72. The number of hydrogen-bond acceptors (Lipinski definition) is 4. The Morgan fingerprint density at radius 1 is 1.45 bits per heavy atom. The molecule has 0 aromatic heterocycles. The van der Waals surface area contributed by atoms with Gasteiger partial charge in [-0.1, -0.05) is 13.0 Å². The van der Waals surface area contributed by atoms with Gasteiger partial charge in [0.25, 0.3) is 5.69 Å². The highest BCUT2D eigenvalue weighted by atomic mass is 16.6. The Morgan fingerprint density at radius 2 is 2.20 bits per heavy atom. The van der Waals surface area contributed by atoms with E-state index in [9.17, 15) is 10.1 Å². The molecule has 1 aromatic rings. The van der Waals surface area contributed by atoms with Crippen LogP contribution in [0.15, 0.2) is 18.2 Å². The first-order valence-corrected chi connectivity index (χ1v) is 7.20. The van der Waals surface area contributed by atoms with Crippen LogP contribution >= 0.6 is 0 Å². The molecule has 1 saturated heterocycles. The molecule has 2 unspecified atom stereocenters. The molecule has 5 heteroatoms. The molecule has 0 saturated carbocycles. The van der Waals surface area contributed by atoms with Gasteiger partial charge in [0.1, 0.15) is 5.69 Å². The van der Waals surface area contributed by atoms with Gasteiger partial charge in [-0.3, -0.25) is 15.0 Å². The van der Waals surface area contributed by atoms with Gasteiger partial charge in [0.2, 0.25) is 0 Å². The van der Waals surface area contributed by atoms with E-state index in [1.807, 2.05) is 12.1 Å². The van der Waals surface area contributed by atoms with Crippen LogP contribution in [0.4, 0.5) is 11.4 Å². The molecule has 1 heterocycles. The van der Waals surface area contributed by atoms with E-state index in [4.69, 9.17) is 0 Å². The van der Waals surface area contributed by atoms with Gasteiger partial charge in [-0.15, -0.1) is 0 Å². The molecule has 20 heavy (non-hydrogen) atoms. The Bertz CT molecular complexity index is 490. The second-order valence-electron chi connectivity index (χ2n) is 5.81. The fourth-order valence-electron chi connectivity index (χ4n) is 2.97. The number of benzene rings is 1. The number of nitrogens with one attached hydrogen (secondary N) is 1. The summed E-state index contributed by atoms with van der Waals surface area (Å²) in [4.78, 5) is 13.0. The minimum Gasteiger partial charge on any atom is -0.383 e. The molecule has 0 amide bonds. The second kappa shape index (κ2) is 6.22. The zero-order chi connectivity index (χ0) is 14.7. The lowest BCUT2D eigenvalue weighted by Gasteiger charge is -2.36. The third-order valence-electron chi connectivity index (χ3n) is 4.19. The summed E-state index contributed by atoms with van der Waals surface area (Å²) >= 11 is 0. The number of rotatable bonds is 4. The van der Waals surface area contributed by atoms with Gasteiger partial charge in [0.05, 0.1) is 4.92 Å². The van der Waals surface area contributed by atoms with Crippen LogP contribution in [0.1, 0.15) is 32.3 Å². The number of nitro benzene ring substituents is 1. The number of nitro groups is 1. The fourth-order valence-corrected chi connectivity index (χ4v) is 2.97. The van der Waals surface area contributed by atoms with Gasteiger partial charge < -0.3 is 5.32 Å². The zero-order valence-electron chi connectivity index (χ0n) is 12.4. The van der Waals surface area contributed by atoms with E-state index >= 15 is 0 Å². The van der Waals surface area contributed by atoms with Gasteiger partial charge in [0, 0.05) is 25.7 Å². The van der Waals surface area contributed by atoms with Crippen molar-refractivity contribution in [2.24, 2.45) is 5.92 Å². The van der Waals surface area contributed by atoms with Crippen LogP contribution in [0, 0.1) is 16.0 Å². The number of likely N-dealkylation sites (tertiary alicyclic amines) is 1. The van der Waals surface area contributed by atoms with Crippen molar-refractivity contribution >= 4 is 11.4 Å². The normalized spacial score (nSPS) is 23.6. The molecule has 5 nitrogen and oxygen atoms in total. The maximum absolute atomic E-state index is 10.9. The van der Waals surface area contributed by atoms with Crippen molar-refractivity contribution in [3.05, 3.63) is 33.9 Å². The Hall–Kier alpha value is -1.62. The molecule has 110 valence electrons. The minimum absolute atomic E-state index is 0.136. The molecular formula is C15H23N3O2. The van der Waals surface area contributed by atoms with E-state index in [0.717, 1.165) is 24.6 Å². The summed E-state index contributed by atoms with van der Waals surface area (Å²) in [5.74, 6) is 0.797. The molecular weight excluding hydrogens is 254 g/mol. The van der Waals surface area contributed by atoms with E-state index in [0.29, 0.717) is 11.7 Å². The number of piperidine rings is 1. The first kappa shape index (κ1) is 14.8. The fraction of sp³-hybridized carbons (Fsp3) is 0.600. The average Bonchev–Trinajstić information content (AvgIpc) is 2.41. The lowest BCUT2D eigenvalue weighted by atomic mass is 9.93. The van der Waals surface area contributed by atoms with Crippen molar-refractivity contribution in [1.29, 1.82) is 0 Å². The van der Waals surface area contributed by atoms with Gasteiger partial charge in [-0.2, -0.15) is 0 Å². The summed E-state index contributed by atoms with van der Waals surface area (Å²) in [6.45, 7) is 6.54. The molecule has 1 aromatic carbocycles. The van der Waals surface area contributed by atoms with Crippen LogP contribution in [0.5, 0.6) is 0 Å². The van der Waals surface area contributed by atoms with Gasteiger partial charge in [0.15, 0.2) is 0 Å². The Morgan fingerprint density at radius 3 is 2.80 bits per heavy atom. The van der Waals surface area contributed by atoms with Crippen molar-refractivity contribution in [2.45, 2.75) is 39.3 Å². The predicted molar refractivity (Wildman–Crippen MR) is 80.9 cm³/mol. The quantitative estimate of drug-likeness (QED) is 0.678. The molecule has 1 N–H and O–H groups in total. The topological polar surface area (TPSA) is 58.4 Å². The summed E-state index contributed by atoms with van der Waals surface area (Å²) in [6, 6.07) is 5.93. The third-order valence-corrected chi connectivity index (χ3v) is 4.19. The summed E-state index contributed by atoms with van der Waals surface area (Å²) < 4.78 is 0. The number of anilines is 1. The van der Waals surface area contributed by atoms with Crippen molar-refractivity contribution in [3.63, 3.8) is 0 Å². The standard InChI is InChI=1S/C15H23N3O2/c1-11-6-7-17(12(2)8-11)10-13-4-5-15(18(19)20)14(9-13)16-3/h4-5,9,11-12,16H,6-8,10H2,1-3H3. The lowest BCUT2D eigenvalue weighted by molar-refractivity contribution is -0.384. The molecule has 0 bridgehead atoms. The largest absolute Gasteiger partial charge is 0.383 e. The van der Waals surface area contributed by atoms with Crippen molar-refractivity contribution in [3.8, 4) is 0 Å². The van der Waals surface area contributed by atoms with Crippen LogP contribution in [0.2, 0.25) is 0 Å². The van der Waals surface area contributed by atoms with Gasteiger partial charge in [-0.25, -0.2) is 0 Å². The van der Waals surface area contributed by atoms with Gasteiger partial charge >= 0.3 is 0 Å². The van der Waals surface area contributed by atoms with Gasteiger partial charge in [-0.05, 0) is 43.9 Å². The molecule has 1 aliphatic heterocycles. The Balaban J connectivity index is 2.12. The number of hydrogen-bond donors (Lipinski definition) is 1. The summed E-state index contributed by atoms with van der Waals surface area (Å²) in [6.07, 6.45) is 2.46. The highest BCUT2D eigenvalue weighted by Crippen LogP contribution is 2.28. The van der Waals surface area contributed by atoms with E-state index < -0.39 is 0 Å². The maximum atomic E-state index is 10.9. The molecule has 1 aliphatic rings. The van der Waals surface area contributed by atoms with Crippen molar-refractivity contribution in [1.82, 2.24) is 4.90 Å². The second-order valence-corrected chi connectivity index (χ2v) is 5.81. The number of nitrogens with zero attached hydrogens (tertiary/aromatic N) is 2. The SMILES string of the molecule is CNc1cc(CN2CCC(C)CC2C)ccc1[N+](=O)[O-]. The third kappa shape index (κ3) is 3.28.